The number of ether oxygens (including phenoxy) is 1. The molecule has 1 atom stereocenters. The van der Waals surface area contributed by atoms with E-state index in [2.05, 4.69) is 49.6 Å². The van der Waals surface area contributed by atoms with Crippen LogP contribution in [0, 0.1) is 13.8 Å². The number of rotatable bonds is 6. The molecular formula is C23H30N2OS. The lowest BCUT2D eigenvalue weighted by molar-refractivity contribution is 0.210. The van der Waals surface area contributed by atoms with Crippen LogP contribution in [0.4, 0.5) is 5.69 Å². The summed E-state index contributed by atoms with van der Waals surface area (Å²) in [4.78, 5) is 0. The molecule has 0 saturated heterocycles. The standard InChI is InChI=1S/C23H30N2OS/c1-4-22(21-14-9-16(2)15-17(21)3)25-23(27)24-18-10-12-20(13-11-18)26-19-7-5-6-8-19/h9-15,19,22H,4-8H2,1-3H3,(H2,24,25,27)/t22-/m1/s1. The molecule has 4 heteroatoms. The maximum atomic E-state index is 6.02. The van der Waals surface area contributed by atoms with Crippen LogP contribution in [-0.4, -0.2) is 11.2 Å². The summed E-state index contributed by atoms with van der Waals surface area (Å²) >= 11 is 5.54. The maximum Gasteiger partial charge on any atom is 0.171 e. The number of hydrogen-bond donors (Lipinski definition) is 2. The average molecular weight is 383 g/mol. The van der Waals surface area contributed by atoms with Gasteiger partial charge in [0.25, 0.3) is 0 Å². The van der Waals surface area contributed by atoms with Gasteiger partial charge in [0, 0.05) is 5.69 Å². The Balaban J connectivity index is 1.57. The third kappa shape index (κ3) is 5.46. The zero-order valence-electron chi connectivity index (χ0n) is 16.5. The Bertz CT molecular complexity index is 766. The third-order valence-electron chi connectivity index (χ3n) is 5.23. The van der Waals surface area contributed by atoms with Gasteiger partial charge in [0.15, 0.2) is 5.11 Å². The van der Waals surface area contributed by atoms with Crippen molar-refractivity contribution in [3.05, 3.63) is 59.2 Å². The van der Waals surface area contributed by atoms with Gasteiger partial charge in [0.2, 0.25) is 0 Å². The van der Waals surface area contributed by atoms with E-state index >= 15 is 0 Å². The topological polar surface area (TPSA) is 33.3 Å². The number of aryl methyl sites for hydroxylation is 2. The maximum absolute atomic E-state index is 6.02. The molecule has 0 aromatic heterocycles. The summed E-state index contributed by atoms with van der Waals surface area (Å²) in [5, 5.41) is 7.39. The molecule has 0 spiro atoms. The van der Waals surface area contributed by atoms with Crippen molar-refractivity contribution in [3.63, 3.8) is 0 Å². The predicted molar refractivity (Wildman–Crippen MR) is 118 cm³/mol. The second kappa shape index (κ2) is 9.23. The molecule has 1 aliphatic rings. The van der Waals surface area contributed by atoms with Crippen LogP contribution in [-0.2, 0) is 0 Å². The van der Waals surface area contributed by atoms with Crippen LogP contribution in [0.25, 0.3) is 0 Å². The van der Waals surface area contributed by atoms with Gasteiger partial charge >= 0.3 is 0 Å². The van der Waals surface area contributed by atoms with E-state index < -0.39 is 0 Å². The van der Waals surface area contributed by atoms with Gasteiger partial charge < -0.3 is 15.4 Å². The van der Waals surface area contributed by atoms with Crippen molar-refractivity contribution in [2.75, 3.05) is 5.32 Å². The van der Waals surface area contributed by atoms with Crippen LogP contribution in [0.3, 0.4) is 0 Å². The minimum absolute atomic E-state index is 0.204. The van der Waals surface area contributed by atoms with Crippen LogP contribution in [0.5, 0.6) is 5.75 Å². The summed E-state index contributed by atoms with van der Waals surface area (Å²) in [6.07, 6.45) is 6.26. The van der Waals surface area contributed by atoms with Crippen LogP contribution in [0.2, 0.25) is 0 Å². The van der Waals surface area contributed by atoms with Crippen LogP contribution in [0.15, 0.2) is 42.5 Å². The highest BCUT2D eigenvalue weighted by molar-refractivity contribution is 7.80. The fourth-order valence-corrected chi connectivity index (χ4v) is 4.02. The first kappa shape index (κ1) is 19.7. The van der Waals surface area contributed by atoms with Gasteiger partial charge in [-0.1, -0.05) is 30.7 Å². The molecule has 2 aromatic carbocycles. The van der Waals surface area contributed by atoms with Gasteiger partial charge in [-0.15, -0.1) is 0 Å². The minimum atomic E-state index is 0.204. The van der Waals surface area contributed by atoms with Crippen LogP contribution < -0.4 is 15.4 Å². The Labute approximate surface area is 168 Å². The number of anilines is 1. The van der Waals surface area contributed by atoms with Crippen molar-refractivity contribution in [2.45, 2.75) is 65.0 Å². The molecule has 0 radical (unpaired) electrons. The van der Waals surface area contributed by atoms with Gasteiger partial charge in [-0.05, 0) is 93.6 Å². The lowest BCUT2D eigenvalue weighted by Gasteiger charge is -2.22. The number of benzene rings is 2. The molecule has 2 N–H and O–H groups in total. The number of nitrogens with one attached hydrogen (secondary N) is 2. The first-order valence-electron chi connectivity index (χ1n) is 9.96. The Kier molecular flexibility index (Phi) is 6.73. The highest BCUT2D eigenvalue weighted by Crippen LogP contribution is 2.25. The molecule has 1 aliphatic carbocycles. The molecule has 1 fully saturated rings. The normalized spacial score (nSPS) is 15.4. The Morgan fingerprint density at radius 2 is 1.81 bits per heavy atom. The van der Waals surface area contributed by atoms with E-state index in [0.717, 1.165) is 17.9 Å². The molecule has 2 aromatic rings. The highest BCUT2D eigenvalue weighted by atomic mass is 32.1. The van der Waals surface area contributed by atoms with Crippen molar-refractivity contribution in [1.29, 1.82) is 0 Å². The Morgan fingerprint density at radius 1 is 1.11 bits per heavy atom. The molecule has 0 amide bonds. The Morgan fingerprint density at radius 3 is 2.44 bits per heavy atom. The van der Waals surface area contributed by atoms with Crippen molar-refractivity contribution in [1.82, 2.24) is 5.32 Å². The monoisotopic (exact) mass is 382 g/mol. The van der Waals surface area contributed by atoms with Crippen molar-refractivity contribution in [3.8, 4) is 5.75 Å². The Hall–Kier alpha value is -2.07. The number of hydrogen-bond acceptors (Lipinski definition) is 2. The van der Waals surface area contributed by atoms with Crippen LogP contribution in [0.1, 0.15) is 61.8 Å². The lowest BCUT2D eigenvalue weighted by atomic mass is 9.98. The summed E-state index contributed by atoms with van der Waals surface area (Å²) in [5.41, 5.74) is 4.85. The molecule has 3 nitrogen and oxygen atoms in total. The minimum Gasteiger partial charge on any atom is -0.490 e. The summed E-state index contributed by atoms with van der Waals surface area (Å²) in [7, 11) is 0. The van der Waals surface area contributed by atoms with Crippen molar-refractivity contribution < 1.29 is 4.74 Å². The van der Waals surface area contributed by atoms with Crippen molar-refractivity contribution in [2.24, 2.45) is 0 Å². The smallest absolute Gasteiger partial charge is 0.171 e. The molecule has 0 unspecified atom stereocenters. The molecule has 0 bridgehead atoms. The SMILES string of the molecule is CC[C@@H](NC(=S)Nc1ccc(OC2CCCC2)cc1)c1ccc(C)cc1C. The van der Waals surface area contributed by atoms with E-state index in [9.17, 15) is 0 Å². The average Bonchev–Trinajstić information content (AvgIpc) is 3.15. The molecular weight excluding hydrogens is 352 g/mol. The highest BCUT2D eigenvalue weighted by Gasteiger charge is 2.16. The van der Waals surface area contributed by atoms with E-state index in [0.29, 0.717) is 11.2 Å². The second-order valence-corrected chi connectivity index (χ2v) is 7.88. The fraction of sp³-hybridized carbons (Fsp3) is 0.435. The van der Waals surface area contributed by atoms with Gasteiger partial charge in [-0.2, -0.15) is 0 Å². The zero-order valence-corrected chi connectivity index (χ0v) is 17.4. The first-order chi connectivity index (χ1) is 13.0. The summed E-state index contributed by atoms with van der Waals surface area (Å²) in [6.45, 7) is 6.46. The molecule has 1 saturated carbocycles. The summed E-state index contributed by atoms with van der Waals surface area (Å²) < 4.78 is 6.02. The van der Waals surface area contributed by atoms with Gasteiger partial charge in [-0.3, -0.25) is 0 Å². The molecule has 0 aliphatic heterocycles. The molecule has 0 heterocycles. The predicted octanol–water partition coefficient (Wildman–Crippen LogP) is 6.06. The quantitative estimate of drug-likeness (QED) is 0.595. The summed E-state index contributed by atoms with van der Waals surface area (Å²) in [6, 6.07) is 14.9. The zero-order chi connectivity index (χ0) is 19.2. The van der Waals surface area contributed by atoms with E-state index in [4.69, 9.17) is 17.0 Å². The van der Waals surface area contributed by atoms with Crippen LogP contribution >= 0.6 is 12.2 Å². The van der Waals surface area contributed by atoms with E-state index in [1.54, 1.807) is 0 Å². The third-order valence-corrected chi connectivity index (χ3v) is 5.45. The van der Waals surface area contributed by atoms with E-state index in [1.165, 1.54) is 42.4 Å². The van der Waals surface area contributed by atoms with E-state index in [-0.39, 0.29) is 6.04 Å². The first-order valence-corrected chi connectivity index (χ1v) is 10.4. The van der Waals surface area contributed by atoms with E-state index in [1.807, 2.05) is 24.3 Å². The molecule has 3 rings (SSSR count). The van der Waals surface area contributed by atoms with Crippen molar-refractivity contribution >= 4 is 23.0 Å². The number of thiocarbonyl (C=S) groups is 1. The van der Waals surface area contributed by atoms with Gasteiger partial charge in [-0.25, -0.2) is 0 Å². The van der Waals surface area contributed by atoms with Gasteiger partial charge in [0.05, 0.1) is 12.1 Å². The molecule has 144 valence electrons. The summed E-state index contributed by atoms with van der Waals surface area (Å²) in [5.74, 6) is 0.938. The second-order valence-electron chi connectivity index (χ2n) is 7.47. The fourth-order valence-electron chi connectivity index (χ4n) is 3.76. The van der Waals surface area contributed by atoms with Gasteiger partial charge in [0.1, 0.15) is 5.75 Å². The largest absolute Gasteiger partial charge is 0.490 e. The molecule has 27 heavy (non-hydrogen) atoms. The lowest BCUT2D eigenvalue weighted by Crippen LogP contribution is -2.32.